The minimum atomic E-state index is 0.534. The fourth-order valence-electron chi connectivity index (χ4n) is 1.76. The van der Waals surface area contributed by atoms with Crippen molar-refractivity contribution in [1.82, 2.24) is 9.97 Å². The molecule has 0 aliphatic heterocycles. The van der Waals surface area contributed by atoms with Gasteiger partial charge in [-0.3, -0.25) is 0 Å². The van der Waals surface area contributed by atoms with Crippen LogP contribution in [0.3, 0.4) is 0 Å². The van der Waals surface area contributed by atoms with E-state index in [2.05, 4.69) is 41.2 Å². The van der Waals surface area contributed by atoms with Gasteiger partial charge in [0.1, 0.15) is 0 Å². The lowest BCUT2D eigenvalue weighted by molar-refractivity contribution is 0.799. The van der Waals surface area contributed by atoms with E-state index in [0.29, 0.717) is 17.5 Å². The van der Waals surface area contributed by atoms with Crippen LogP contribution in [0.4, 0.5) is 11.6 Å². The highest BCUT2D eigenvalue weighted by atomic mass is 35.5. The van der Waals surface area contributed by atoms with Gasteiger partial charge in [0.15, 0.2) is 0 Å². The average Bonchev–Trinajstić information content (AvgIpc) is 2.43. The van der Waals surface area contributed by atoms with Gasteiger partial charge in [-0.2, -0.15) is 0 Å². The first-order valence-electron chi connectivity index (χ1n) is 6.22. The second-order valence-electron chi connectivity index (χ2n) is 4.33. The molecule has 0 bridgehead atoms. The molecule has 0 amide bonds. The Morgan fingerprint density at radius 2 is 1.79 bits per heavy atom. The Morgan fingerprint density at radius 1 is 1.16 bits per heavy atom. The molecule has 0 fully saturated rings. The molecule has 1 heterocycles. The van der Waals surface area contributed by atoms with E-state index in [0.717, 1.165) is 18.7 Å². The molecule has 0 unspecified atom stereocenters. The Hall–Kier alpha value is -1.65. The third-order valence-electron chi connectivity index (χ3n) is 2.78. The molecule has 2 rings (SSSR count). The summed E-state index contributed by atoms with van der Waals surface area (Å²) in [5.74, 6) is 0.640. The zero-order valence-electron chi connectivity index (χ0n) is 10.9. The van der Waals surface area contributed by atoms with Crippen LogP contribution in [-0.4, -0.2) is 23.1 Å². The lowest BCUT2D eigenvalue weighted by atomic mass is 10.2. The molecule has 0 radical (unpaired) electrons. The summed E-state index contributed by atoms with van der Waals surface area (Å²) < 4.78 is 0. The highest BCUT2D eigenvalue weighted by Gasteiger charge is 2.11. The fourth-order valence-corrected chi connectivity index (χ4v) is 1.86. The topological polar surface area (TPSA) is 55.0 Å². The number of aryl methyl sites for hydroxylation is 1. The molecular weight excluding hydrogens is 260 g/mol. The van der Waals surface area contributed by atoms with E-state index < -0.39 is 0 Å². The summed E-state index contributed by atoms with van der Waals surface area (Å²) in [6.07, 6.45) is 4.08. The van der Waals surface area contributed by atoms with Crippen LogP contribution >= 0.6 is 11.6 Å². The Bertz CT molecular complexity index is 464. The number of rotatable bonds is 5. The van der Waals surface area contributed by atoms with Gasteiger partial charge in [0.2, 0.25) is 5.95 Å². The molecule has 0 saturated heterocycles. The van der Waals surface area contributed by atoms with Crippen molar-refractivity contribution in [3.8, 4) is 0 Å². The molecule has 0 atom stereocenters. The number of halogens is 1. The van der Waals surface area contributed by atoms with Gasteiger partial charge < -0.3 is 10.6 Å². The van der Waals surface area contributed by atoms with Gasteiger partial charge in [-0.1, -0.05) is 29.3 Å². The lowest BCUT2D eigenvalue weighted by Crippen LogP contribution is -2.22. The summed E-state index contributed by atoms with van der Waals surface area (Å²) in [4.78, 5) is 10.6. The van der Waals surface area contributed by atoms with Crippen LogP contribution in [0, 0.1) is 6.92 Å². The molecule has 0 spiro atoms. The smallest absolute Gasteiger partial charge is 0.229 e. The second kappa shape index (κ2) is 6.50. The molecule has 1 aromatic heterocycles. The van der Waals surface area contributed by atoms with Gasteiger partial charge in [0, 0.05) is 12.2 Å². The second-order valence-corrected chi connectivity index (χ2v) is 4.77. The number of anilines is 2. The monoisotopic (exact) mass is 276 g/mol. The largest absolute Gasteiger partial charge is 0.330 e. The van der Waals surface area contributed by atoms with Crippen molar-refractivity contribution in [3.63, 3.8) is 0 Å². The molecular formula is C14H17ClN4. The Balaban J connectivity index is 2.29. The van der Waals surface area contributed by atoms with Crippen molar-refractivity contribution in [2.45, 2.75) is 13.3 Å². The molecule has 100 valence electrons. The highest BCUT2D eigenvalue weighted by molar-refractivity contribution is 6.30. The summed E-state index contributed by atoms with van der Waals surface area (Å²) >= 11 is 5.82. The maximum Gasteiger partial charge on any atom is 0.229 e. The van der Waals surface area contributed by atoms with E-state index in [9.17, 15) is 0 Å². The fraction of sp³-hybridized carbons (Fsp3) is 0.286. The summed E-state index contributed by atoms with van der Waals surface area (Å²) in [6, 6.07) is 8.26. The van der Waals surface area contributed by atoms with Gasteiger partial charge in [-0.05, 0) is 32.0 Å². The van der Waals surface area contributed by atoms with E-state index in [1.807, 2.05) is 4.90 Å². The maximum atomic E-state index is 5.82. The van der Waals surface area contributed by atoms with Crippen LogP contribution in [0.5, 0.6) is 0 Å². The van der Waals surface area contributed by atoms with E-state index in [1.54, 1.807) is 12.4 Å². The van der Waals surface area contributed by atoms with Gasteiger partial charge in [-0.25, -0.2) is 9.97 Å². The Morgan fingerprint density at radius 3 is 2.37 bits per heavy atom. The molecule has 2 N–H and O–H groups in total. The zero-order valence-corrected chi connectivity index (χ0v) is 11.6. The zero-order chi connectivity index (χ0) is 13.7. The molecule has 4 nitrogen and oxygen atoms in total. The van der Waals surface area contributed by atoms with Crippen LogP contribution < -0.4 is 10.6 Å². The van der Waals surface area contributed by atoms with Crippen molar-refractivity contribution in [2.75, 3.05) is 18.0 Å². The first-order chi connectivity index (χ1) is 9.20. The molecule has 0 aliphatic rings. The summed E-state index contributed by atoms with van der Waals surface area (Å²) in [6.45, 7) is 3.48. The third-order valence-corrected chi connectivity index (χ3v) is 2.97. The predicted molar refractivity (Wildman–Crippen MR) is 78.9 cm³/mol. The molecule has 5 heteroatoms. The van der Waals surface area contributed by atoms with Crippen LogP contribution in [0.15, 0.2) is 36.7 Å². The van der Waals surface area contributed by atoms with Crippen molar-refractivity contribution in [1.29, 1.82) is 0 Å². The summed E-state index contributed by atoms with van der Waals surface area (Å²) in [5, 5.41) is 0.534. The summed E-state index contributed by atoms with van der Waals surface area (Å²) in [7, 11) is 0. The van der Waals surface area contributed by atoms with Crippen molar-refractivity contribution >= 4 is 23.2 Å². The van der Waals surface area contributed by atoms with Gasteiger partial charge >= 0.3 is 0 Å². The third kappa shape index (κ3) is 3.66. The normalized spacial score (nSPS) is 10.5. The minimum absolute atomic E-state index is 0.534. The van der Waals surface area contributed by atoms with Crippen LogP contribution in [0.1, 0.15) is 12.0 Å². The van der Waals surface area contributed by atoms with E-state index in [1.165, 1.54) is 5.56 Å². The number of hydrogen-bond acceptors (Lipinski definition) is 4. The number of nitrogens with zero attached hydrogens (tertiary/aromatic N) is 3. The lowest BCUT2D eigenvalue weighted by Gasteiger charge is -2.22. The van der Waals surface area contributed by atoms with Crippen LogP contribution in [0.25, 0.3) is 0 Å². The quantitative estimate of drug-likeness (QED) is 0.912. The van der Waals surface area contributed by atoms with Gasteiger partial charge in [-0.15, -0.1) is 0 Å². The van der Waals surface area contributed by atoms with Crippen molar-refractivity contribution < 1.29 is 0 Å². The standard InChI is InChI=1S/C14H17ClN4/c1-11-3-5-13(6-4-11)19(8-2-7-16)14-17-9-12(15)10-18-14/h3-6,9-10H,2,7-8,16H2,1H3. The van der Waals surface area contributed by atoms with E-state index >= 15 is 0 Å². The molecule has 2 aromatic rings. The first kappa shape index (κ1) is 13.8. The first-order valence-corrected chi connectivity index (χ1v) is 6.60. The number of nitrogens with two attached hydrogens (primary N) is 1. The Kier molecular flexibility index (Phi) is 4.71. The van der Waals surface area contributed by atoms with E-state index in [-0.39, 0.29) is 0 Å². The van der Waals surface area contributed by atoms with Crippen molar-refractivity contribution in [2.24, 2.45) is 5.73 Å². The Labute approximate surface area is 118 Å². The van der Waals surface area contributed by atoms with Crippen molar-refractivity contribution in [3.05, 3.63) is 47.2 Å². The van der Waals surface area contributed by atoms with Gasteiger partial charge in [0.05, 0.1) is 17.4 Å². The predicted octanol–water partition coefficient (Wildman–Crippen LogP) is 2.93. The van der Waals surface area contributed by atoms with Gasteiger partial charge in [0.25, 0.3) is 0 Å². The molecule has 1 aromatic carbocycles. The highest BCUT2D eigenvalue weighted by Crippen LogP contribution is 2.22. The van der Waals surface area contributed by atoms with E-state index in [4.69, 9.17) is 17.3 Å². The maximum absolute atomic E-state index is 5.82. The van der Waals surface area contributed by atoms with Crippen LogP contribution in [0.2, 0.25) is 5.02 Å². The number of hydrogen-bond donors (Lipinski definition) is 1. The molecule has 0 saturated carbocycles. The number of benzene rings is 1. The average molecular weight is 277 g/mol. The number of aromatic nitrogens is 2. The molecule has 19 heavy (non-hydrogen) atoms. The SMILES string of the molecule is Cc1ccc(N(CCCN)c2ncc(Cl)cn2)cc1. The minimum Gasteiger partial charge on any atom is -0.330 e. The summed E-state index contributed by atoms with van der Waals surface area (Å²) in [5.41, 5.74) is 7.87. The molecule has 0 aliphatic carbocycles. The van der Waals surface area contributed by atoms with Crippen LogP contribution in [-0.2, 0) is 0 Å².